The second-order valence-electron chi connectivity index (χ2n) is 8.51. The molecule has 12 nitrogen and oxygen atoms in total. The van der Waals surface area contributed by atoms with Gasteiger partial charge in [-0.1, -0.05) is 30.3 Å². The molecule has 0 spiro atoms. The quantitative estimate of drug-likeness (QED) is 0.157. The van der Waals surface area contributed by atoms with Crippen LogP contribution in [0, 0.1) is 0 Å². The first-order valence-corrected chi connectivity index (χ1v) is 11.9. The minimum atomic E-state index is -1.89. The number of guanidine groups is 1. The van der Waals surface area contributed by atoms with Crippen molar-refractivity contribution in [3.8, 4) is 0 Å². The number of rotatable bonds is 10. The Morgan fingerprint density at radius 3 is 2.70 bits per heavy atom. The number of nitrogens with one attached hydrogen (secondary N) is 5. The number of alkyl carbamates (subject to hydrolysis) is 1. The van der Waals surface area contributed by atoms with E-state index in [-0.39, 0.29) is 18.8 Å². The molecule has 1 aliphatic rings. The van der Waals surface area contributed by atoms with Crippen LogP contribution in [0.25, 0.3) is 10.9 Å². The highest BCUT2D eigenvalue weighted by Gasteiger charge is 2.39. The number of benzene rings is 2. The predicted molar refractivity (Wildman–Crippen MR) is 136 cm³/mol. The van der Waals surface area contributed by atoms with Crippen LogP contribution in [0.15, 0.2) is 59.7 Å². The molecule has 2 heterocycles. The molecule has 1 aromatic heterocycles. The van der Waals surface area contributed by atoms with E-state index in [0.29, 0.717) is 18.9 Å². The largest absolute Gasteiger partial charge is 0.462 e. The van der Waals surface area contributed by atoms with E-state index in [1.807, 2.05) is 18.2 Å². The molecule has 0 unspecified atom stereocenters. The fourth-order valence-electron chi connectivity index (χ4n) is 3.58. The second kappa shape index (κ2) is 11.9. The van der Waals surface area contributed by atoms with Gasteiger partial charge in [0.15, 0.2) is 5.96 Å². The van der Waals surface area contributed by atoms with E-state index in [0.717, 1.165) is 29.6 Å². The number of aromatic nitrogens is 2. The minimum Gasteiger partial charge on any atom is -0.462 e. The number of amides is 2. The van der Waals surface area contributed by atoms with Gasteiger partial charge in [-0.15, -0.1) is 0 Å². The lowest BCUT2D eigenvalue weighted by Gasteiger charge is -2.29. The molecule has 1 atom stereocenters. The van der Waals surface area contributed by atoms with Crippen LogP contribution in [-0.2, 0) is 20.9 Å². The molecular formula is C25H29N7O5. The van der Waals surface area contributed by atoms with E-state index < -0.39 is 23.6 Å². The van der Waals surface area contributed by atoms with E-state index in [4.69, 9.17) is 9.47 Å². The van der Waals surface area contributed by atoms with E-state index in [1.54, 1.807) is 36.5 Å². The molecule has 0 saturated carbocycles. The molecule has 2 aromatic carbocycles. The number of nitrogens with zero attached hydrogens (tertiary/aromatic N) is 2. The molecule has 2 amide bonds. The summed E-state index contributed by atoms with van der Waals surface area (Å²) in [4.78, 5) is 42.9. The zero-order valence-corrected chi connectivity index (χ0v) is 20.4. The van der Waals surface area contributed by atoms with Crippen LogP contribution in [0.2, 0.25) is 0 Å². The Labute approximate surface area is 213 Å². The highest BCUT2D eigenvalue weighted by Crippen LogP contribution is 2.14. The third kappa shape index (κ3) is 6.97. The first-order chi connectivity index (χ1) is 17.9. The summed E-state index contributed by atoms with van der Waals surface area (Å²) in [6.07, 6.45) is 1.19. The monoisotopic (exact) mass is 507 g/mol. The average Bonchev–Trinajstić information content (AvgIpc) is 3.59. The second-order valence-corrected chi connectivity index (χ2v) is 8.51. The zero-order valence-electron chi connectivity index (χ0n) is 20.4. The number of carbonyl (C=O) groups excluding carboxylic acids is 3. The fourth-order valence-corrected chi connectivity index (χ4v) is 3.58. The number of fused-ring (bicyclic) bond motifs is 1. The van der Waals surface area contributed by atoms with Crippen molar-refractivity contribution in [3.05, 3.63) is 65.9 Å². The molecule has 0 radical (unpaired) electrons. The maximum Gasteiger partial charge on any atom is 0.409 e. The van der Waals surface area contributed by atoms with Crippen LogP contribution in [0.4, 0.5) is 4.79 Å². The van der Waals surface area contributed by atoms with Gasteiger partial charge in [0.2, 0.25) is 5.66 Å². The summed E-state index contributed by atoms with van der Waals surface area (Å²) in [6, 6.07) is 14.0. The first-order valence-electron chi connectivity index (χ1n) is 11.9. The number of hydrogen-bond donors (Lipinski definition) is 5. The molecule has 3 aromatic rings. The van der Waals surface area contributed by atoms with E-state index in [2.05, 4.69) is 36.5 Å². The van der Waals surface area contributed by atoms with Crippen molar-refractivity contribution in [2.75, 3.05) is 26.2 Å². The first kappa shape index (κ1) is 25.5. The normalized spacial score (nSPS) is 14.1. The predicted octanol–water partition coefficient (Wildman–Crippen LogP) is 1.42. The standard InChI is InChI=1S/C25H29N7O5/c1-25(31-24(35)37-16-17-6-3-2-4-7-17,22(34)36-13-5-10-26-23-27-11-12-28-23)30-21(33)18-8-9-20-19(14-18)15-29-32-20/h2-4,6-9,14-15H,5,10-13,16H2,1H3,(H,29,32)(H,30,33)(H,31,35)(H2,26,27,28)/t25-/m0/s1. The molecule has 1 aliphatic heterocycles. The van der Waals surface area contributed by atoms with Gasteiger partial charge in [-0.3, -0.25) is 20.2 Å². The summed E-state index contributed by atoms with van der Waals surface area (Å²) in [5.74, 6) is -0.711. The lowest BCUT2D eigenvalue weighted by atomic mass is 10.1. The van der Waals surface area contributed by atoms with Crippen molar-refractivity contribution < 1.29 is 23.9 Å². The molecule has 0 aliphatic carbocycles. The number of esters is 1. The highest BCUT2D eigenvalue weighted by molar-refractivity contribution is 6.01. The van der Waals surface area contributed by atoms with E-state index in [1.165, 1.54) is 6.92 Å². The molecular weight excluding hydrogens is 478 g/mol. The number of ether oxygens (including phenoxy) is 2. The fraction of sp³-hybridized carbons (Fsp3) is 0.320. The van der Waals surface area contributed by atoms with Gasteiger partial charge >= 0.3 is 12.1 Å². The molecule has 0 bridgehead atoms. The Hall–Kier alpha value is -4.61. The molecule has 0 fully saturated rings. The third-order valence-corrected chi connectivity index (χ3v) is 5.56. The lowest BCUT2D eigenvalue weighted by molar-refractivity contribution is -0.152. The molecule has 0 saturated heterocycles. The third-order valence-electron chi connectivity index (χ3n) is 5.56. The van der Waals surface area contributed by atoms with E-state index >= 15 is 0 Å². The van der Waals surface area contributed by atoms with Gasteiger partial charge in [-0.25, -0.2) is 9.59 Å². The Morgan fingerprint density at radius 2 is 1.92 bits per heavy atom. The lowest BCUT2D eigenvalue weighted by Crippen LogP contribution is -2.64. The van der Waals surface area contributed by atoms with E-state index in [9.17, 15) is 14.4 Å². The maximum absolute atomic E-state index is 13.1. The number of carbonyl (C=O) groups is 3. The smallest absolute Gasteiger partial charge is 0.409 e. The van der Waals surface area contributed by atoms with Gasteiger partial charge in [0.1, 0.15) is 6.61 Å². The van der Waals surface area contributed by atoms with Gasteiger partial charge in [-0.2, -0.15) is 5.10 Å². The number of aromatic amines is 1. The number of aliphatic imine (C=N–C) groups is 1. The Bertz CT molecular complexity index is 1280. The topological polar surface area (TPSA) is 159 Å². The van der Waals surface area contributed by atoms with Crippen LogP contribution in [0.3, 0.4) is 0 Å². The highest BCUT2D eigenvalue weighted by atomic mass is 16.6. The summed E-state index contributed by atoms with van der Waals surface area (Å²) < 4.78 is 10.6. The van der Waals surface area contributed by atoms with Crippen molar-refractivity contribution in [1.29, 1.82) is 0 Å². The number of hydrogen-bond acceptors (Lipinski definition) is 9. The van der Waals surface area contributed by atoms with Gasteiger partial charge in [-0.05, 0) is 37.1 Å². The average molecular weight is 508 g/mol. The maximum atomic E-state index is 13.1. The van der Waals surface area contributed by atoms with Crippen LogP contribution in [-0.4, -0.2) is 66.0 Å². The SMILES string of the molecule is C[C@@](NC(=O)OCc1ccccc1)(NC(=O)c1ccc2[nH]ncc2c1)C(=O)OCCCNC1=NCCN1. The van der Waals surface area contributed by atoms with Crippen LogP contribution >= 0.6 is 0 Å². The van der Waals surface area contributed by atoms with Crippen molar-refractivity contribution in [2.45, 2.75) is 25.6 Å². The summed E-state index contributed by atoms with van der Waals surface area (Å²) >= 11 is 0. The van der Waals surface area contributed by atoms with Crippen molar-refractivity contribution in [3.63, 3.8) is 0 Å². The van der Waals surface area contributed by atoms with Crippen LogP contribution in [0.5, 0.6) is 0 Å². The Kier molecular flexibility index (Phi) is 8.18. The minimum absolute atomic E-state index is 0.00744. The zero-order chi connectivity index (χ0) is 26.1. The Morgan fingerprint density at radius 1 is 1.08 bits per heavy atom. The summed E-state index contributed by atoms with van der Waals surface area (Å²) in [5.41, 5.74) is -0.0795. The van der Waals surface area contributed by atoms with Gasteiger partial charge < -0.3 is 25.4 Å². The van der Waals surface area contributed by atoms with Crippen molar-refractivity contribution in [2.24, 2.45) is 4.99 Å². The van der Waals surface area contributed by atoms with Gasteiger partial charge in [0.25, 0.3) is 5.91 Å². The summed E-state index contributed by atoms with van der Waals surface area (Å²) in [6.45, 7) is 3.44. The van der Waals surface area contributed by atoms with Crippen LogP contribution in [0.1, 0.15) is 29.3 Å². The Balaban J connectivity index is 1.39. The van der Waals surface area contributed by atoms with Crippen molar-refractivity contribution in [1.82, 2.24) is 31.5 Å². The molecule has 5 N–H and O–H groups in total. The molecule has 194 valence electrons. The van der Waals surface area contributed by atoms with Gasteiger partial charge in [0, 0.05) is 24.0 Å². The number of H-pyrrole nitrogens is 1. The van der Waals surface area contributed by atoms with Crippen LogP contribution < -0.4 is 21.3 Å². The summed E-state index contributed by atoms with van der Waals surface area (Å²) in [7, 11) is 0. The summed E-state index contributed by atoms with van der Waals surface area (Å²) in [5, 5.41) is 18.7. The van der Waals surface area contributed by atoms with Crippen molar-refractivity contribution >= 4 is 34.8 Å². The van der Waals surface area contributed by atoms with Gasteiger partial charge in [0.05, 0.1) is 24.9 Å². The molecule has 37 heavy (non-hydrogen) atoms. The molecule has 12 heteroatoms. The molecule has 4 rings (SSSR count).